The number of rotatable bonds is 11. The number of carbonyl (C=O) groups excluding carboxylic acids is 4. The Hall–Kier alpha value is -5.29. The summed E-state index contributed by atoms with van der Waals surface area (Å²) in [6, 6.07) is 38.2. The van der Waals surface area contributed by atoms with E-state index >= 15 is 0 Å². The molecule has 1 saturated heterocycles. The fraction of sp³-hybridized carbons (Fsp3) is 0.171. The van der Waals surface area contributed by atoms with Crippen LogP contribution in [-0.2, 0) is 29.0 Å². The second kappa shape index (κ2) is 17.3. The molecule has 6 rings (SSSR count). The van der Waals surface area contributed by atoms with Gasteiger partial charge in [0, 0.05) is 10.4 Å². The molecule has 0 N–H and O–H groups in total. The van der Waals surface area contributed by atoms with Crippen molar-refractivity contribution >= 4 is 51.4 Å². The Morgan fingerprint density at radius 2 is 0.981 bits per heavy atom. The molecule has 0 bridgehead atoms. The highest BCUT2D eigenvalue weighted by Crippen LogP contribution is 2.40. The number of carbonyl (C=O) groups is 4. The normalized spacial score (nSPS) is 19.5. The van der Waals surface area contributed by atoms with Crippen molar-refractivity contribution in [2.45, 2.75) is 35.8 Å². The maximum atomic E-state index is 13.8. The number of halogens is 2. The SMILES string of the molecule is O=C(OC[C@H]1O[C@@H](c2ccc(Cl)c(CBr)c2)[C@H](OC(=O)c2ccccc2)[C@@H](OC(=O)c2ccccc2)[C@@H]1OC(=O)c1ccccc1)c1ccccc1. The molecular formula is C41H32BrClO9. The molecule has 1 heterocycles. The number of esters is 4. The van der Waals surface area contributed by atoms with Crippen LogP contribution in [0.5, 0.6) is 0 Å². The number of alkyl halides is 1. The minimum atomic E-state index is -1.46. The minimum Gasteiger partial charge on any atom is -0.459 e. The molecule has 52 heavy (non-hydrogen) atoms. The zero-order valence-electron chi connectivity index (χ0n) is 27.5. The van der Waals surface area contributed by atoms with E-state index in [0.29, 0.717) is 21.5 Å². The van der Waals surface area contributed by atoms with Gasteiger partial charge >= 0.3 is 23.9 Å². The van der Waals surface area contributed by atoms with Crippen LogP contribution in [0.3, 0.4) is 0 Å². The van der Waals surface area contributed by atoms with E-state index in [2.05, 4.69) is 15.9 Å². The first kappa shape index (κ1) is 36.5. The summed E-state index contributed by atoms with van der Waals surface area (Å²) in [7, 11) is 0. The number of ether oxygens (including phenoxy) is 5. The highest BCUT2D eigenvalue weighted by atomic mass is 79.9. The Labute approximate surface area is 313 Å². The Balaban J connectivity index is 1.46. The van der Waals surface area contributed by atoms with Crippen molar-refractivity contribution in [3.63, 3.8) is 0 Å². The van der Waals surface area contributed by atoms with Crippen LogP contribution in [0.1, 0.15) is 58.7 Å². The molecule has 0 unspecified atom stereocenters. The highest BCUT2D eigenvalue weighted by molar-refractivity contribution is 9.08. The minimum absolute atomic E-state index is 0.201. The molecule has 1 aliphatic heterocycles. The van der Waals surface area contributed by atoms with Gasteiger partial charge in [-0.05, 0) is 65.7 Å². The highest BCUT2D eigenvalue weighted by Gasteiger charge is 2.53. The average molecular weight is 784 g/mol. The van der Waals surface area contributed by atoms with Crippen LogP contribution in [-0.4, -0.2) is 54.9 Å². The van der Waals surface area contributed by atoms with E-state index in [1.807, 2.05) is 0 Å². The standard InChI is InChI=1S/C41H32BrClO9/c42-24-31-23-30(21-22-32(31)43)34-36(51-40(46)28-17-9-3-10-18-28)37(52-41(47)29-19-11-4-12-20-29)35(50-39(45)27-15-7-2-8-16-27)33(49-34)25-48-38(44)26-13-5-1-6-14-26/h1-23,33-37H,24-25H2/t33-,34+,35-,36+,37+/m1/s1. The fourth-order valence-corrected chi connectivity index (χ4v) is 6.52. The summed E-state index contributed by atoms with van der Waals surface area (Å²) in [5.41, 5.74) is 2.13. The van der Waals surface area contributed by atoms with E-state index in [-0.39, 0.29) is 22.3 Å². The molecule has 0 aliphatic carbocycles. The lowest BCUT2D eigenvalue weighted by Gasteiger charge is -2.45. The van der Waals surface area contributed by atoms with Gasteiger partial charge in [-0.1, -0.05) is 112 Å². The Morgan fingerprint density at radius 1 is 0.558 bits per heavy atom. The second-order valence-corrected chi connectivity index (χ2v) is 12.7. The van der Waals surface area contributed by atoms with E-state index in [1.165, 1.54) is 0 Å². The topological polar surface area (TPSA) is 114 Å². The summed E-state index contributed by atoms with van der Waals surface area (Å²) in [5.74, 6) is -2.94. The molecule has 1 aliphatic rings. The summed E-state index contributed by atoms with van der Waals surface area (Å²) < 4.78 is 30.8. The van der Waals surface area contributed by atoms with Gasteiger partial charge in [0.05, 0.1) is 22.3 Å². The number of hydrogen-bond donors (Lipinski definition) is 0. The van der Waals surface area contributed by atoms with Gasteiger partial charge in [0.25, 0.3) is 0 Å². The van der Waals surface area contributed by atoms with Crippen molar-refractivity contribution in [2.24, 2.45) is 0 Å². The largest absolute Gasteiger partial charge is 0.459 e. The molecule has 264 valence electrons. The van der Waals surface area contributed by atoms with E-state index in [4.69, 9.17) is 35.3 Å². The molecule has 1 fully saturated rings. The monoisotopic (exact) mass is 782 g/mol. The summed E-state index contributed by atoms with van der Waals surface area (Å²) in [5, 5.41) is 0.868. The van der Waals surface area contributed by atoms with Crippen molar-refractivity contribution < 1.29 is 42.9 Å². The third-order valence-corrected chi connectivity index (χ3v) is 9.29. The van der Waals surface area contributed by atoms with E-state index in [1.54, 1.807) is 140 Å². The molecule has 5 atom stereocenters. The van der Waals surface area contributed by atoms with E-state index < -0.39 is 61.0 Å². The zero-order valence-corrected chi connectivity index (χ0v) is 29.9. The number of hydrogen-bond acceptors (Lipinski definition) is 9. The molecule has 0 amide bonds. The quantitative estimate of drug-likeness (QED) is 0.0743. The molecule has 11 heteroatoms. The first-order valence-electron chi connectivity index (χ1n) is 16.3. The van der Waals surface area contributed by atoms with E-state index in [9.17, 15) is 19.2 Å². The fourth-order valence-electron chi connectivity index (χ4n) is 5.71. The van der Waals surface area contributed by atoms with Crippen LogP contribution in [0.4, 0.5) is 0 Å². The first-order chi connectivity index (χ1) is 25.3. The number of benzene rings is 5. The lowest BCUT2D eigenvalue weighted by molar-refractivity contribution is -0.231. The van der Waals surface area contributed by atoms with Gasteiger partial charge in [0.1, 0.15) is 18.8 Å². The smallest absolute Gasteiger partial charge is 0.338 e. The molecular weight excluding hydrogens is 752 g/mol. The summed E-state index contributed by atoms with van der Waals surface area (Å²) >= 11 is 9.93. The van der Waals surface area contributed by atoms with Gasteiger partial charge < -0.3 is 23.7 Å². The van der Waals surface area contributed by atoms with Crippen molar-refractivity contribution in [3.8, 4) is 0 Å². The first-order valence-corrected chi connectivity index (χ1v) is 17.8. The maximum Gasteiger partial charge on any atom is 0.338 e. The van der Waals surface area contributed by atoms with Crippen molar-refractivity contribution in [2.75, 3.05) is 6.61 Å². The zero-order chi connectivity index (χ0) is 36.5. The van der Waals surface area contributed by atoms with Gasteiger partial charge in [-0.15, -0.1) is 0 Å². The molecule has 9 nitrogen and oxygen atoms in total. The van der Waals surface area contributed by atoms with Crippen molar-refractivity contribution in [1.29, 1.82) is 0 Å². The Kier molecular flexibility index (Phi) is 12.1. The van der Waals surface area contributed by atoms with Crippen molar-refractivity contribution in [3.05, 3.63) is 178 Å². The Bertz CT molecular complexity index is 2000. The van der Waals surface area contributed by atoms with Crippen LogP contribution in [0.15, 0.2) is 140 Å². The van der Waals surface area contributed by atoms with Crippen molar-refractivity contribution in [1.82, 2.24) is 0 Å². The van der Waals surface area contributed by atoms with Crippen LogP contribution < -0.4 is 0 Å². The summed E-state index contributed by atoms with van der Waals surface area (Å²) in [6.45, 7) is -0.422. The van der Waals surface area contributed by atoms with Gasteiger partial charge in [0.15, 0.2) is 18.3 Å². The average Bonchev–Trinajstić information content (AvgIpc) is 3.20. The van der Waals surface area contributed by atoms with Crippen LogP contribution >= 0.6 is 27.5 Å². The van der Waals surface area contributed by atoms with Gasteiger partial charge in [-0.25, -0.2) is 19.2 Å². The lowest BCUT2D eigenvalue weighted by Crippen LogP contribution is -2.59. The van der Waals surface area contributed by atoms with E-state index in [0.717, 1.165) is 0 Å². The molecule has 5 aromatic carbocycles. The maximum absolute atomic E-state index is 13.8. The Morgan fingerprint density at radius 3 is 1.44 bits per heavy atom. The third kappa shape index (κ3) is 8.77. The van der Waals surface area contributed by atoms with Gasteiger partial charge in [-0.3, -0.25) is 0 Å². The lowest BCUT2D eigenvalue weighted by atomic mass is 9.89. The molecule has 0 aromatic heterocycles. The predicted octanol–water partition coefficient (Wildman–Crippen LogP) is 8.21. The predicted molar refractivity (Wildman–Crippen MR) is 195 cm³/mol. The summed E-state index contributed by atoms with van der Waals surface area (Å²) in [4.78, 5) is 54.4. The third-order valence-electron chi connectivity index (χ3n) is 8.32. The molecule has 0 saturated carbocycles. The second-order valence-electron chi connectivity index (χ2n) is 11.8. The van der Waals surface area contributed by atoms with Gasteiger partial charge in [0.2, 0.25) is 0 Å². The van der Waals surface area contributed by atoms with Gasteiger partial charge in [-0.2, -0.15) is 0 Å². The van der Waals surface area contributed by atoms with Crippen LogP contribution in [0, 0.1) is 0 Å². The molecule has 0 radical (unpaired) electrons. The molecule has 5 aromatic rings. The van der Waals surface area contributed by atoms with Crippen LogP contribution in [0.25, 0.3) is 0 Å². The van der Waals surface area contributed by atoms with Crippen LogP contribution in [0.2, 0.25) is 5.02 Å². The molecule has 0 spiro atoms. The summed E-state index contributed by atoms with van der Waals surface area (Å²) in [6.07, 6.45) is -6.61.